The number of aliphatic hydroxyl groups is 1. The summed E-state index contributed by atoms with van der Waals surface area (Å²) in [7, 11) is -3.11. The lowest BCUT2D eigenvalue weighted by molar-refractivity contribution is -0.141. The zero-order valence-electron chi connectivity index (χ0n) is 10.4. The standard InChI is InChI=1S/C10H20N2O5S/c1-18(15,16)5-2-9(11)10(14)12-3-4-17-8(6-12)7-13/h8-9,13H,2-7,11H2,1H3. The van der Waals surface area contributed by atoms with E-state index in [0.717, 1.165) is 6.26 Å². The smallest absolute Gasteiger partial charge is 0.239 e. The Balaban J connectivity index is 2.47. The Labute approximate surface area is 107 Å². The summed E-state index contributed by atoms with van der Waals surface area (Å²) < 4.78 is 27.2. The molecule has 1 aliphatic rings. The van der Waals surface area contributed by atoms with Gasteiger partial charge in [-0.1, -0.05) is 0 Å². The summed E-state index contributed by atoms with van der Waals surface area (Å²) >= 11 is 0. The SMILES string of the molecule is CS(=O)(=O)CCC(N)C(=O)N1CCOC(CO)C1. The van der Waals surface area contributed by atoms with Gasteiger partial charge < -0.3 is 20.5 Å². The summed E-state index contributed by atoms with van der Waals surface area (Å²) in [6.45, 7) is 0.919. The van der Waals surface area contributed by atoms with Crippen molar-refractivity contribution in [3.63, 3.8) is 0 Å². The van der Waals surface area contributed by atoms with Gasteiger partial charge >= 0.3 is 0 Å². The molecule has 106 valence electrons. The molecule has 0 aromatic rings. The Morgan fingerprint density at radius 3 is 2.83 bits per heavy atom. The molecule has 8 heteroatoms. The van der Waals surface area contributed by atoms with Crippen molar-refractivity contribution in [1.29, 1.82) is 0 Å². The van der Waals surface area contributed by atoms with Crippen LogP contribution in [0.1, 0.15) is 6.42 Å². The molecule has 0 aromatic heterocycles. The molecule has 1 amide bonds. The molecule has 1 fully saturated rings. The molecule has 2 atom stereocenters. The maximum atomic E-state index is 11.9. The van der Waals surface area contributed by atoms with Gasteiger partial charge in [-0.3, -0.25) is 4.79 Å². The van der Waals surface area contributed by atoms with E-state index in [1.165, 1.54) is 4.90 Å². The summed E-state index contributed by atoms with van der Waals surface area (Å²) in [6, 6.07) is -0.822. The Kier molecular flexibility index (Phi) is 5.51. The third-order valence-electron chi connectivity index (χ3n) is 2.77. The third-order valence-corrected chi connectivity index (χ3v) is 3.75. The maximum absolute atomic E-state index is 11.9. The summed E-state index contributed by atoms with van der Waals surface area (Å²) in [5.41, 5.74) is 5.68. The van der Waals surface area contributed by atoms with E-state index < -0.39 is 15.9 Å². The van der Waals surface area contributed by atoms with Gasteiger partial charge in [0.2, 0.25) is 5.91 Å². The van der Waals surface area contributed by atoms with Crippen molar-refractivity contribution >= 4 is 15.7 Å². The second kappa shape index (κ2) is 6.46. The van der Waals surface area contributed by atoms with E-state index >= 15 is 0 Å². The number of hydrogen-bond acceptors (Lipinski definition) is 6. The summed E-state index contributed by atoms with van der Waals surface area (Å²) in [4.78, 5) is 13.5. The fraction of sp³-hybridized carbons (Fsp3) is 0.900. The lowest BCUT2D eigenvalue weighted by atomic mass is 10.2. The molecule has 0 aromatic carbocycles. The second-order valence-corrected chi connectivity index (χ2v) is 6.74. The molecule has 0 radical (unpaired) electrons. The number of carbonyl (C=O) groups is 1. The maximum Gasteiger partial charge on any atom is 0.239 e. The summed E-state index contributed by atoms with van der Waals surface area (Å²) in [6.07, 6.45) is 0.837. The van der Waals surface area contributed by atoms with Gasteiger partial charge in [-0.05, 0) is 6.42 Å². The molecule has 0 spiro atoms. The molecule has 1 aliphatic heterocycles. The van der Waals surface area contributed by atoms with Gasteiger partial charge in [0.15, 0.2) is 0 Å². The topological polar surface area (TPSA) is 110 Å². The van der Waals surface area contributed by atoms with E-state index in [2.05, 4.69) is 0 Å². The number of morpholine rings is 1. The van der Waals surface area contributed by atoms with Crippen LogP contribution >= 0.6 is 0 Å². The number of rotatable bonds is 5. The van der Waals surface area contributed by atoms with Crippen molar-refractivity contribution in [2.75, 3.05) is 38.3 Å². The highest BCUT2D eigenvalue weighted by atomic mass is 32.2. The second-order valence-electron chi connectivity index (χ2n) is 4.48. The zero-order valence-corrected chi connectivity index (χ0v) is 11.2. The predicted molar refractivity (Wildman–Crippen MR) is 65.7 cm³/mol. The van der Waals surface area contributed by atoms with Crippen molar-refractivity contribution in [2.45, 2.75) is 18.6 Å². The number of sulfone groups is 1. The van der Waals surface area contributed by atoms with Crippen LogP contribution in [0, 0.1) is 0 Å². The van der Waals surface area contributed by atoms with Crippen LogP contribution in [0.2, 0.25) is 0 Å². The van der Waals surface area contributed by atoms with Crippen molar-refractivity contribution in [2.24, 2.45) is 5.73 Å². The van der Waals surface area contributed by atoms with Gasteiger partial charge in [0, 0.05) is 19.3 Å². The van der Waals surface area contributed by atoms with Crippen LogP contribution in [0.15, 0.2) is 0 Å². The predicted octanol–water partition coefficient (Wildman–Crippen LogP) is -2.03. The number of ether oxygens (including phenoxy) is 1. The minimum absolute atomic E-state index is 0.103. The van der Waals surface area contributed by atoms with Crippen LogP contribution < -0.4 is 5.73 Å². The Morgan fingerprint density at radius 1 is 1.61 bits per heavy atom. The molecule has 1 rings (SSSR count). The van der Waals surface area contributed by atoms with Crippen LogP contribution in [0.25, 0.3) is 0 Å². The first-order valence-corrected chi connectivity index (χ1v) is 7.84. The average molecular weight is 280 g/mol. The third kappa shape index (κ3) is 4.89. The van der Waals surface area contributed by atoms with Gasteiger partial charge in [-0.25, -0.2) is 8.42 Å². The van der Waals surface area contributed by atoms with Gasteiger partial charge in [-0.2, -0.15) is 0 Å². The first-order valence-electron chi connectivity index (χ1n) is 5.78. The van der Waals surface area contributed by atoms with E-state index in [1.54, 1.807) is 0 Å². The van der Waals surface area contributed by atoms with Gasteiger partial charge in [0.05, 0.1) is 31.1 Å². The van der Waals surface area contributed by atoms with Crippen LogP contribution in [-0.2, 0) is 19.4 Å². The first kappa shape index (κ1) is 15.4. The number of carbonyl (C=O) groups excluding carboxylic acids is 1. The summed E-state index contributed by atoms with van der Waals surface area (Å²) in [5.74, 6) is -0.395. The Bertz CT molecular complexity index is 384. The number of nitrogens with zero attached hydrogens (tertiary/aromatic N) is 1. The van der Waals surface area contributed by atoms with E-state index in [1.807, 2.05) is 0 Å². The lowest BCUT2D eigenvalue weighted by Gasteiger charge is -2.33. The number of aliphatic hydroxyl groups excluding tert-OH is 1. The largest absolute Gasteiger partial charge is 0.394 e. The first-order chi connectivity index (χ1) is 8.33. The lowest BCUT2D eigenvalue weighted by Crippen LogP contribution is -2.52. The van der Waals surface area contributed by atoms with E-state index in [0.29, 0.717) is 19.7 Å². The highest BCUT2D eigenvalue weighted by Gasteiger charge is 2.27. The Hall–Kier alpha value is -0.700. The minimum Gasteiger partial charge on any atom is -0.394 e. The molecule has 0 saturated carbocycles. The fourth-order valence-electron chi connectivity index (χ4n) is 1.73. The quantitative estimate of drug-likeness (QED) is 0.601. The van der Waals surface area contributed by atoms with E-state index in [9.17, 15) is 13.2 Å². The van der Waals surface area contributed by atoms with Crippen LogP contribution in [0.3, 0.4) is 0 Å². The van der Waals surface area contributed by atoms with Crippen LogP contribution in [0.5, 0.6) is 0 Å². The molecule has 1 saturated heterocycles. The van der Waals surface area contributed by atoms with E-state index in [4.69, 9.17) is 15.6 Å². The van der Waals surface area contributed by atoms with E-state index in [-0.39, 0.29) is 30.8 Å². The van der Waals surface area contributed by atoms with Crippen molar-refractivity contribution in [3.8, 4) is 0 Å². The van der Waals surface area contributed by atoms with Gasteiger partial charge in [-0.15, -0.1) is 0 Å². The summed E-state index contributed by atoms with van der Waals surface area (Å²) in [5, 5.41) is 8.97. The van der Waals surface area contributed by atoms with Crippen LogP contribution in [0.4, 0.5) is 0 Å². The van der Waals surface area contributed by atoms with Crippen molar-refractivity contribution in [3.05, 3.63) is 0 Å². The Morgan fingerprint density at radius 2 is 2.28 bits per heavy atom. The zero-order chi connectivity index (χ0) is 13.8. The molecule has 0 bridgehead atoms. The van der Waals surface area contributed by atoms with Crippen molar-refractivity contribution < 1.29 is 23.1 Å². The molecule has 7 nitrogen and oxygen atoms in total. The molecule has 0 aliphatic carbocycles. The number of hydrogen-bond donors (Lipinski definition) is 2. The molecular formula is C10H20N2O5S. The number of amides is 1. The molecule has 1 heterocycles. The highest BCUT2D eigenvalue weighted by Crippen LogP contribution is 2.07. The molecule has 2 unspecified atom stereocenters. The minimum atomic E-state index is -3.11. The monoisotopic (exact) mass is 280 g/mol. The highest BCUT2D eigenvalue weighted by molar-refractivity contribution is 7.90. The molecular weight excluding hydrogens is 260 g/mol. The fourth-order valence-corrected chi connectivity index (χ4v) is 2.41. The van der Waals surface area contributed by atoms with Gasteiger partial charge in [0.1, 0.15) is 9.84 Å². The number of nitrogens with two attached hydrogens (primary N) is 1. The normalized spacial score (nSPS) is 22.8. The molecule has 3 N–H and O–H groups in total. The van der Waals surface area contributed by atoms with Crippen LogP contribution in [-0.4, -0.2) is 74.8 Å². The average Bonchev–Trinajstić information content (AvgIpc) is 2.34. The molecule has 18 heavy (non-hydrogen) atoms. The van der Waals surface area contributed by atoms with Crippen molar-refractivity contribution in [1.82, 2.24) is 4.90 Å². The van der Waals surface area contributed by atoms with Gasteiger partial charge in [0.25, 0.3) is 0 Å².